The van der Waals surface area contributed by atoms with Gasteiger partial charge in [0.2, 0.25) is 10.0 Å². The number of para-hydroxylation sites is 1. The lowest BCUT2D eigenvalue weighted by Crippen LogP contribution is -2.48. The molecule has 1 atom stereocenters. The Hall–Kier alpha value is -1.80. The molecule has 2 aromatic rings. The van der Waals surface area contributed by atoms with Crippen LogP contribution in [0, 0.1) is 0 Å². The second kappa shape index (κ2) is 9.41. The predicted molar refractivity (Wildman–Crippen MR) is 107 cm³/mol. The summed E-state index contributed by atoms with van der Waals surface area (Å²) in [4.78, 5) is 0.266. The lowest BCUT2D eigenvalue weighted by Gasteiger charge is -2.36. The topological polar surface area (TPSA) is 67.9 Å². The van der Waals surface area contributed by atoms with Gasteiger partial charge in [0.15, 0.2) is 0 Å². The third kappa shape index (κ3) is 4.55. The van der Waals surface area contributed by atoms with E-state index in [1.54, 1.807) is 35.7 Å². The van der Waals surface area contributed by atoms with E-state index in [9.17, 15) is 8.42 Å². The van der Waals surface area contributed by atoms with Crippen LogP contribution in [0.5, 0.6) is 11.5 Å². The zero-order valence-corrected chi connectivity index (χ0v) is 17.1. The summed E-state index contributed by atoms with van der Waals surface area (Å²) in [7, 11) is -2.04. The zero-order chi connectivity index (χ0) is 18.6. The SMILES string of the molecule is CCOc1ccc(S(=O)(=O)N2CCNCC2c2ccccc2OC)cc1.Cl. The van der Waals surface area contributed by atoms with Crippen LogP contribution in [-0.4, -0.2) is 46.1 Å². The molecule has 0 spiro atoms. The van der Waals surface area contributed by atoms with Crippen LogP contribution in [0.1, 0.15) is 18.5 Å². The molecule has 0 aliphatic carbocycles. The average molecular weight is 413 g/mol. The highest BCUT2D eigenvalue weighted by molar-refractivity contribution is 7.89. The molecule has 8 heteroatoms. The fourth-order valence-corrected chi connectivity index (χ4v) is 4.80. The molecule has 1 aliphatic rings. The highest BCUT2D eigenvalue weighted by Gasteiger charge is 2.35. The quantitative estimate of drug-likeness (QED) is 0.790. The molecule has 0 saturated carbocycles. The number of nitrogens with one attached hydrogen (secondary N) is 1. The largest absolute Gasteiger partial charge is 0.496 e. The summed E-state index contributed by atoms with van der Waals surface area (Å²) in [5.41, 5.74) is 0.858. The summed E-state index contributed by atoms with van der Waals surface area (Å²) in [5, 5.41) is 3.28. The first kappa shape index (κ1) is 21.5. The normalized spacial score (nSPS) is 17.8. The molecule has 6 nitrogen and oxygen atoms in total. The van der Waals surface area contributed by atoms with E-state index >= 15 is 0 Å². The Kier molecular flexibility index (Phi) is 7.49. The fraction of sp³-hybridized carbons (Fsp3) is 0.368. The number of piperazine rings is 1. The number of hydrogen-bond donors (Lipinski definition) is 1. The van der Waals surface area contributed by atoms with Crippen LogP contribution in [-0.2, 0) is 10.0 Å². The number of halogens is 1. The van der Waals surface area contributed by atoms with E-state index in [1.165, 1.54) is 0 Å². The van der Waals surface area contributed by atoms with Crippen molar-refractivity contribution in [2.24, 2.45) is 0 Å². The molecule has 148 valence electrons. The van der Waals surface area contributed by atoms with E-state index in [-0.39, 0.29) is 23.3 Å². The zero-order valence-electron chi connectivity index (χ0n) is 15.4. The first-order valence-electron chi connectivity index (χ1n) is 8.66. The molecule has 2 aromatic carbocycles. The third-order valence-electron chi connectivity index (χ3n) is 4.43. The van der Waals surface area contributed by atoms with Crippen molar-refractivity contribution in [1.29, 1.82) is 0 Å². The van der Waals surface area contributed by atoms with Crippen LogP contribution >= 0.6 is 12.4 Å². The minimum absolute atomic E-state index is 0. The minimum Gasteiger partial charge on any atom is -0.496 e. The van der Waals surface area contributed by atoms with Gasteiger partial charge in [0.1, 0.15) is 11.5 Å². The van der Waals surface area contributed by atoms with Gasteiger partial charge in [0.25, 0.3) is 0 Å². The van der Waals surface area contributed by atoms with Crippen LogP contribution in [0.4, 0.5) is 0 Å². The number of ether oxygens (including phenoxy) is 2. The van der Waals surface area contributed by atoms with Crippen molar-refractivity contribution in [1.82, 2.24) is 9.62 Å². The summed E-state index contributed by atoms with van der Waals surface area (Å²) >= 11 is 0. The number of benzene rings is 2. The Morgan fingerprint density at radius 3 is 2.52 bits per heavy atom. The third-order valence-corrected chi connectivity index (χ3v) is 6.36. The Morgan fingerprint density at radius 2 is 1.85 bits per heavy atom. The summed E-state index contributed by atoms with van der Waals surface area (Å²) in [6.07, 6.45) is 0. The van der Waals surface area contributed by atoms with Gasteiger partial charge >= 0.3 is 0 Å². The van der Waals surface area contributed by atoms with Crippen LogP contribution in [0.25, 0.3) is 0 Å². The second-order valence-electron chi connectivity index (χ2n) is 5.98. The molecule has 1 heterocycles. The lowest BCUT2D eigenvalue weighted by molar-refractivity contribution is 0.264. The van der Waals surface area contributed by atoms with Gasteiger partial charge in [0, 0.05) is 25.2 Å². The standard InChI is InChI=1S/C19H24N2O4S.ClH/c1-3-25-15-8-10-16(11-9-15)26(22,23)21-13-12-20-14-18(21)17-6-4-5-7-19(17)24-2;/h4-11,18,20H,3,12-14H2,1-2H3;1H. The second-order valence-corrected chi connectivity index (χ2v) is 7.87. The van der Waals surface area contributed by atoms with Gasteiger partial charge in [-0.2, -0.15) is 4.31 Å². The molecule has 0 radical (unpaired) electrons. The van der Waals surface area contributed by atoms with E-state index in [0.29, 0.717) is 37.7 Å². The maximum atomic E-state index is 13.3. The lowest BCUT2D eigenvalue weighted by atomic mass is 10.0. The minimum atomic E-state index is -3.63. The van der Waals surface area contributed by atoms with Gasteiger partial charge < -0.3 is 14.8 Å². The van der Waals surface area contributed by atoms with Gasteiger partial charge in [0.05, 0.1) is 24.7 Å². The molecule has 0 bridgehead atoms. The molecule has 1 aliphatic heterocycles. The summed E-state index contributed by atoms with van der Waals surface area (Å²) in [6.45, 7) is 3.99. The molecular formula is C19H25ClN2O4S. The summed E-state index contributed by atoms with van der Waals surface area (Å²) in [6, 6.07) is 13.8. The highest BCUT2D eigenvalue weighted by atomic mass is 35.5. The first-order valence-corrected chi connectivity index (χ1v) is 10.1. The smallest absolute Gasteiger partial charge is 0.243 e. The molecule has 1 N–H and O–H groups in total. The number of sulfonamides is 1. The molecule has 1 fully saturated rings. The molecule has 1 unspecified atom stereocenters. The van der Waals surface area contributed by atoms with Crippen molar-refractivity contribution in [2.75, 3.05) is 33.4 Å². The van der Waals surface area contributed by atoms with Gasteiger partial charge in [-0.25, -0.2) is 8.42 Å². The van der Waals surface area contributed by atoms with Gasteiger partial charge in [-0.15, -0.1) is 12.4 Å². The summed E-state index contributed by atoms with van der Waals surface area (Å²) in [5.74, 6) is 1.35. The molecule has 0 amide bonds. The number of rotatable bonds is 6. The van der Waals surface area contributed by atoms with E-state index in [4.69, 9.17) is 9.47 Å². The fourth-order valence-electron chi connectivity index (χ4n) is 3.19. The van der Waals surface area contributed by atoms with Crippen molar-refractivity contribution >= 4 is 22.4 Å². The van der Waals surface area contributed by atoms with E-state index < -0.39 is 10.0 Å². The Bertz CT molecular complexity index is 843. The highest BCUT2D eigenvalue weighted by Crippen LogP contribution is 2.34. The molecule has 27 heavy (non-hydrogen) atoms. The van der Waals surface area contributed by atoms with E-state index in [1.807, 2.05) is 31.2 Å². The molecular weight excluding hydrogens is 388 g/mol. The Balaban J connectivity index is 0.00000261. The number of nitrogens with zero attached hydrogens (tertiary/aromatic N) is 1. The van der Waals surface area contributed by atoms with Crippen molar-refractivity contribution < 1.29 is 17.9 Å². The molecule has 0 aromatic heterocycles. The number of methoxy groups -OCH3 is 1. The van der Waals surface area contributed by atoms with E-state index in [2.05, 4.69) is 5.32 Å². The van der Waals surface area contributed by atoms with Crippen LogP contribution < -0.4 is 14.8 Å². The van der Waals surface area contributed by atoms with Crippen molar-refractivity contribution in [3.63, 3.8) is 0 Å². The van der Waals surface area contributed by atoms with Crippen molar-refractivity contribution in [2.45, 2.75) is 17.9 Å². The van der Waals surface area contributed by atoms with Gasteiger partial charge in [-0.3, -0.25) is 0 Å². The Morgan fingerprint density at radius 1 is 1.15 bits per heavy atom. The van der Waals surface area contributed by atoms with Gasteiger partial charge in [-0.1, -0.05) is 18.2 Å². The maximum absolute atomic E-state index is 13.3. The Labute approximate surface area is 166 Å². The van der Waals surface area contributed by atoms with E-state index in [0.717, 1.165) is 5.56 Å². The summed E-state index contributed by atoms with van der Waals surface area (Å²) < 4.78 is 38.9. The predicted octanol–water partition coefficient (Wildman–Crippen LogP) is 2.85. The van der Waals surface area contributed by atoms with Crippen LogP contribution in [0.3, 0.4) is 0 Å². The molecule has 3 rings (SSSR count). The monoisotopic (exact) mass is 412 g/mol. The van der Waals surface area contributed by atoms with Crippen molar-refractivity contribution in [3.05, 3.63) is 54.1 Å². The van der Waals surface area contributed by atoms with Crippen molar-refractivity contribution in [3.8, 4) is 11.5 Å². The van der Waals surface area contributed by atoms with Gasteiger partial charge in [-0.05, 0) is 37.3 Å². The average Bonchev–Trinajstić information content (AvgIpc) is 2.68. The maximum Gasteiger partial charge on any atom is 0.243 e. The van der Waals surface area contributed by atoms with Crippen LogP contribution in [0.2, 0.25) is 0 Å². The van der Waals surface area contributed by atoms with Crippen LogP contribution in [0.15, 0.2) is 53.4 Å². The number of hydrogen-bond acceptors (Lipinski definition) is 5. The first-order chi connectivity index (χ1) is 12.6. The molecule has 1 saturated heterocycles.